The summed E-state index contributed by atoms with van der Waals surface area (Å²) in [7, 11) is 1.38. The van der Waals surface area contributed by atoms with Crippen LogP contribution in [0.2, 0.25) is 0 Å². The van der Waals surface area contributed by atoms with E-state index in [1.54, 1.807) is 4.90 Å². The van der Waals surface area contributed by atoms with Crippen LogP contribution in [0.3, 0.4) is 0 Å². The second kappa shape index (κ2) is 5.26. The zero-order chi connectivity index (χ0) is 14.1. The molecule has 1 aromatic rings. The monoisotopic (exact) mass is 277 g/mol. The fourth-order valence-electron chi connectivity index (χ4n) is 3.23. The first-order chi connectivity index (χ1) is 9.70. The molecule has 1 aromatic heterocycles. The molecule has 1 saturated heterocycles. The Bertz CT molecular complexity index is 525. The van der Waals surface area contributed by atoms with E-state index in [1.165, 1.54) is 7.11 Å². The number of aromatic nitrogens is 2. The van der Waals surface area contributed by atoms with Crippen LogP contribution >= 0.6 is 0 Å². The average Bonchev–Trinajstić information content (AvgIpc) is 3.13. The molecule has 2 atom stereocenters. The number of fused-ring (bicyclic) bond motifs is 1. The Hall–Kier alpha value is -1.85. The average molecular weight is 277 g/mol. The highest BCUT2D eigenvalue weighted by Crippen LogP contribution is 2.26. The Morgan fingerprint density at radius 2 is 2.20 bits per heavy atom. The fourth-order valence-corrected chi connectivity index (χ4v) is 3.23. The maximum atomic E-state index is 12.7. The molecule has 6 heteroatoms. The van der Waals surface area contributed by atoms with Crippen molar-refractivity contribution in [1.82, 2.24) is 14.5 Å². The summed E-state index contributed by atoms with van der Waals surface area (Å²) >= 11 is 0. The van der Waals surface area contributed by atoms with Gasteiger partial charge in [-0.2, -0.15) is 0 Å². The van der Waals surface area contributed by atoms with E-state index in [2.05, 4.69) is 9.55 Å². The van der Waals surface area contributed by atoms with Crippen molar-refractivity contribution in [3.63, 3.8) is 0 Å². The molecule has 3 heterocycles. The number of ether oxygens (including phenoxy) is 1. The lowest BCUT2D eigenvalue weighted by molar-refractivity contribution is -0.152. The number of nitrogens with zero attached hydrogens (tertiary/aromatic N) is 3. The Morgan fingerprint density at radius 3 is 3.00 bits per heavy atom. The van der Waals surface area contributed by atoms with Crippen LogP contribution in [0.1, 0.15) is 25.0 Å². The van der Waals surface area contributed by atoms with Gasteiger partial charge in [0.1, 0.15) is 6.04 Å². The molecule has 1 amide bonds. The summed E-state index contributed by atoms with van der Waals surface area (Å²) < 4.78 is 6.89. The molecule has 0 aliphatic carbocycles. The number of carbonyl (C=O) groups excluding carboxylic acids is 2. The van der Waals surface area contributed by atoms with Crippen molar-refractivity contribution in [3.05, 3.63) is 18.2 Å². The lowest BCUT2D eigenvalue weighted by Crippen LogP contribution is -2.45. The zero-order valence-corrected chi connectivity index (χ0v) is 11.6. The molecule has 2 aliphatic heterocycles. The van der Waals surface area contributed by atoms with E-state index >= 15 is 0 Å². The largest absolute Gasteiger partial charge is 0.467 e. The second-order valence-corrected chi connectivity index (χ2v) is 5.48. The minimum atomic E-state index is -0.390. The standard InChI is InChI=1S/C14H19N3O3/c1-20-14(19)12-3-2-5-17(12)13(18)10-4-6-16-9-15-8-11(16)7-10/h8-10,12H,2-7H2,1H3. The number of hydrogen-bond acceptors (Lipinski definition) is 4. The molecule has 0 spiro atoms. The Labute approximate surface area is 117 Å². The molecule has 3 rings (SSSR count). The summed E-state index contributed by atoms with van der Waals surface area (Å²) in [5.74, 6) is -0.244. The third-order valence-corrected chi connectivity index (χ3v) is 4.33. The maximum absolute atomic E-state index is 12.7. The van der Waals surface area contributed by atoms with Crippen molar-refractivity contribution in [2.24, 2.45) is 5.92 Å². The summed E-state index contributed by atoms with van der Waals surface area (Å²) in [6, 6.07) is -0.390. The van der Waals surface area contributed by atoms with Crippen molar-refractivity contribution < 1.29 is 14.3 Å². The first kappa shape index (κ1) is 13.1. The van der Waals surface area contributed by atoms with Gasteiger partial charge in [-0.25, -0.2) is 9.78 Å². The molecule has 108 valence electrons. The van der Waals surface area contributed by atoms with Crippen molar-refractivity contribution in [3.8, 4) is 0 Å². The lowest BCUT2D eigenvalue weighted by atomic mass is 9.94. The highest BCUT2D eigenvalue weighted by Gasteiger charge is 2.38. The Kier molecular flexibility index (Phi) is 3.46. The van der Waals surface area contributed by atoms with E-state index in [4.69, 9.17) is 4.74 Å². The summed E-state index contributed by atoms with van der Waals surface area (Å²) in [5, 5.41) is 0. The van der Waals surface area contributed by atoms with Crippen LogP contribution in [0, 0.1) is 5.92 Å². The highest BCUT2D eigenvalue weighted by molar-refractivity contribution is 5.86. The highest BCUT2D eigenvalue weighted by atomic mass is 16.5. The number of hydrogen-bond donors (Lipinski definition) is 0. The van der Waals surface area contributed by atoms with Crippen molar-refractivity contribution in [2.45, 2.75) is 38.3 Å². The van der Waals surface area contributed by atoms with E-state index in [0.29, 0.717) is 19.4 Å². The minimum Gasteiger partial charge on any atom is -0.467 e. The molecular weight excluding hydrogens is 258 g/mol. The van der Waals surface area contributed by atoms with Crippen LogP contribution < -0.4 is 0 Å². The second-order valence-electron chi connectivity index (χ2n) is 5.48. The third kappa shape index (κ3) is 2.19. The molecule has 20 heavy (non-hydrogen) atoms. The van der Waals surface area contributed by atoms with Gasteiger partial charge >= 0.3 is 5.97 Å². The number of methoxy groups -OCH3 is 1. The third-order valence-electron chi connectivity index (χ3n) is 4.33. The smallest absolute Gasteiger partial charge is 0.328 e. The number of likely N-dealkylation sites (tertiary alicyclic amines) is 1. The van der Waals surface area contributed by atoms with Crippen molar-refractivity contribution in [2.75, 3.05) is 13.7 Å². The van der Waals surface area contributed by atoms with Crippen LogP contribution in [0.5, 0.6) is 0 Å². The summed E-state index contributed by atoms with van der Waals surface area (Å²) in [6.07, 6.45) is 6.74. The van der Waals surface area contributed by atoms with Crippen LogP contribution in [-0.4, -0.2) is 46.0 Å². The van der Waals surface area contributed by atoms with Gasteiger partial charge in [-0.3, -0.25) is 4.79 Å². The summed E-state index contributed by atoms with van der Waals surface area (Å²) in [5.41, 5.74) is 1.10. The van der Waals surface area contributed by atoms with Crippen molar-refractivity contribution >= 4 is 11.9 Å². The van der Waals surface area contributed by atoms with E-state index in [1.807, 2.05) is 12.5 Å². The van der Waals surface area contributed by atoms with Gasteiger partial charge in [-0.1, -0.05) is 0 Å². The number of imidazole rings is 1. The zero-order valence-electron chi connectivity index (χ0n) is 11.6. The molecule has 0 aromatic carbocycles. The van der Waals surface area contributed by atoms with Crippen LogP contribution in [-0.2, 0) is 27.3 Å². The number of esters is 1. The first-order valence-corrected chi connectivity index (χ1v) is 7.08. The Morgan fingerprint density at radius 1 is 1.35 bits per heavy atom. The summed E-state index contributed by atoms with van der Waals surface area (Å²) in [6.45, 7) is 1.48. The van der Waals surface area contributed by atoms with Gasteiger partial charge in [0.25, 0.3) is 0 Å². The van der Waals surface area contributed by atoms with E-state index < -0.39 is 0 Å². The van der Waals surface area contributed by atoms with Gasteiger partial charge in [-0.15, -0.1) is 0 Å². The number of amides is 1. The SMILES string of the molecule is COC(=O)C1CCCN1C(=O)C1CCn2cncc2C1. The van der Waals surface area contributed by atoms with E-state index in [9.17, 15) is 9.59 Å². The van der Waals surface area contributed by atoms with Gasteiger partial charge in [0.2, 0.25) is 5.91 Å². The molecule has 1 fully saturated rings. The van der Waals surface area contributed by atoms with Crippen LogP contribution in [0.15, 0.2) is 12.5 Å². The lowest BCUT2D eigenvalue weighted by Gasteiger charge is -2.30. The molecule has 0 radical (unpaired) electrons. The van der Waals surface area contributed by atoms with Gasteiger partial charge in [0.05, 0.1) is 13.4 Å². The first-order valence-electron chi connectivity index (χ1n) is 7.08. The minimum absolute atomic E-state index is 0.0375. The topological polar surface area (TPSA) is 64.4 Å². The quantitative estimate of drug-likeness (QED) is 0.743. The normalized spacial score (nSPS) is 25.4. The van der Waals surface area contributed by atoms with E-state index in [-0.39, 0.29) is 23.8 Å². The number of carbonyl (C=O) groups is 2. The molecule has 0 saturated carbocycles. The van der Waals surface area contributed by atoms with Crippen LogP contribution in [0.25, 0.3) is 0 Å². The van der Waals surface area contributed by atoms with Gasteiger partial charge < -0.3 is 14.2 Å². The fraction of sp³-hybridized carbons (Fsp3) is 0.643. The molecular formula is C14H19N3O3. The molecule has 0 bridgehead atoms. The maximum Gasteiger partial charge on any atom is 0.328 e. The molecule has 2 aliphatic rings. The Balaban J connectivity index is 1.71. The number of aryl methyl sites for hydroxylation is 1. The summed E-state index contributed by atoms with van der Waals surface area (Å²) in [4.78, 5) is 30.2. The van der Waals surface area contributed by atoms with Gasteiger partial charge in [0, 0.05) is 37.3 Å². The predicted octanol–water partition coefficient (Wildman–Crippen LogP) is 0.609. The molecule has 6 nitrogen and oxygen atoms in total. The number of rotatable bonds is 2. The van der Waals surface area contributed by atoms with Crippen molar-refractivity contribution in [1.29, 1.82) is 0 Å². The molecule has 0 N–H and O–H groups in total. The molecule has 2 unspecified atom stereocenters. The van der Waals surface area contributed by atoms with Gasteiger partial charge in [-0.05, 0) is 19.3 Å². The van der Waals surface area contributed by atoms with Gasteiger partial charge in [0.15, 0.2) is 0 Å². The predicted molar refractivity (Wildman–Crippen MR) is 70.8 cm³/mol. The van der Waals surface area contributed by atoms with E-state index in [0.717, 1.165) is 25.1 Å². The van der Waals surface area contributed by atoms with Crippen LogP contribution in [0.4, 0.5) is 0 Å².